The van der Waals surface area contributed by atoms with Gasteiger partial charge in [-0.05, 0) is 17.9 Å². The fourth-order valence-electron chi connectivity index (χ4n) is 2.83. The highest BCUT2D eigenvalue weighted by atomic mass is 16.5. The van der Waals surface area contributed by atoms with Gasteiger partial charge in [0.1, 0.15) is 6.61 Å². The van der Waals surface area contributed by atoms with Crippen molar-refractivity contribution >= 4 is 11.9 Å². The Kier molecular flexibility index (Phi) is 7.25. The molecule has 0 saturated carbocycles. The molecule has 1 aliphatic rings. The predicted octanol–water partition coefficient (Wildman–Crippen LogP) is 2.64. The molecule has 0 aliphatic carbocycles. The molecule has 132 valence electrons. The third-order valence-electron chi connectivity index (χ3n) is 4.10. The van der Waals surface area contributed by atoms with Gasteiger partial charge in [-0.1, -0.05) is 44.2 Å². The molecule has 2 rings (SSSR count). The van der Waals surface area contributed by atoms with Crippen LogP contribution in [0.1, 0.15) is 32.3 Å². The molecule has 1 unspecified atom stereocenters. The van der Waals surface area contributed by atoms with Gasteiger partial charge in [0.2, 0.25) is 5.91 Å². The Morgan fingerprint density at radius 2 is 1.83 bits per heavy atom. The van der Waals surface area contributed by atoms with Crippen molar-refractivity contribution in [3.8, 4) is 0 Å². The molecule has 1 fully saturated rings. The fraction of sp³-hybridized carbons (Fsp3) is 0.579. The Morgan fingerprint density at radius 1 is 1.17 bits per heavy atom. The Balaban J connectivity index is 1.90. The summed E-state index contributed by atoms with van der Waals surface area (Å²) < 4.78 is 10.7. The Labute approximate surface area is 143 Å². The van der Waals surface area contributed by atoms with Gasteiger partial charge in [0.05, 0.1) is 19.1 Å². The molecule has 0 bridgehead atoms. The molecule has 1 heterocycles. The molecular weight excluding hydrogens is 306 g/mol. The van der Waals surface area contributed by atoms with Crippen LogP contribution >= 0.6 is 0 Å². The van der Waals surface area contributed by atoms with Crippen molar-refractivity contribution in [2.75, 3.05) is 26.3 Å². The van der Waals surface area contributed by atoms with E-state index in [1.54, 1.807) is 4.90 Å². The zero-order chi connectivity index (χ0) is 17.4. The number of benzene rings is 1. The van der Waals surface area contributed by atoms with Crippen LogP contribution in [0.15, 0.2) is 30.3 Å². The van der Waals surface area contributed by atoms with Crippen LogP contribution < -0.4 is 0 Å². The Morgan fingerprint density at radius 3 is 2.46 bits per heavy atom. The van der Waals surface area contributed by atoms with Crippen molar-refractivity contribution in [1.29, 1.82) is 0 Å². The van der Waals surface area contributed by atoms with Crippen LogP contribution in [-0.2, 0) is 25.7 Å². The second-order valence-corrected chi connectivity index (χ2v) is 6.62. The van der Waals surface area contributed by atoms with Gasteiger partial charge in [-0.3, -0.25) is 9.59 Å². The zero-order valence-corrected chi connectivity index (χ0v) is 14.6. The van der Waals surface area contributed by atoms with Crippen LogP contribution in [0.4, 0.5) is 0 Å². The molecule has 0 radical (unpaired) electrons. The predicted molar refractivity (Wildman–Crippen MR) is 91.2 cm³/mol. The largest absolute Gasteiger partial charge is 0.461 e. The first kappa shape index (κ1) is 18.5. The highest BCUT2D eigenvalue weighted by Gasteiger charge is 2.27. The molecule has 1 aromatic carbocycles. The summed E-state index contributed by atoms with van der Waals surface area (Å²) in [6, 6.07) is 9.59. The van der Waals surface area contributed by atoms with E-state index in [0.717, 1.165) is 5.56 Å². The lowest BCUT2D eigenvalue weighted by Crippen LogP contribution is -2.42. The smallest absolute Gasteiger partial charge is 0.309 e. The number of nitrogens with zero attached hydrogens (tertiary/aromatic N) is 1. The van der Waals surface area contributed by atoms with Gasteiger partial charge in [0, 0.05) is 19.5 Å². The summed E-state index contributed by atoms with van der Waals surface area (Å²) in [7, 11) is 0. The zero-order valence-electron chi connectivity index (χ0n) is 14.6. The number of morpholine rings is 1. The van der Waals surface area contributed by atoms with Crippen LogP contribution in [0.3, 0.4) is 0 Å². The van der Waals surface area contributed by atoms with E-state index in [-0.39, 0.29) is 30.8 Å². The van der Waals surface area contributed by atoms with Gasteiger partial charge < -0.3 is 14.4 Å². The first-order valence-corrected chi connectivity index (χ1v) is 8.62. The normalized spacial score (nSPS) is 16.0. The maximum Gasteiger partial charge on any atom is 0.309 e. The van der Waals surface area contributed by atoms with Crippen LogP contribution in [-0.4, -0.2) is 43.1 Å². The fourth-order valence-corrected chi connectivity index (χ4v) is 2.83. The van der Waals surface area contributed by atoms with Crippen LogP contribution in [0.2, 0.25) is 0 Å². The first-order chi connectivity index (χ1) is 11.6. The SMILES string of the molecule is CC(C)CC(CC(=O)N1CCOCC1)C(=O)OCc1ccccc1. The second-order valence-electron chi connectivity index (χ2n) is 6.62. The molecule has 1 aromatic rings. The molecule has 0 spiro atoms. The minimum atomic E-state index is -0.385. The van der Waals surface area contributed by atoms with Crippen LogP contribution in [0.25, 0.3) is 0 Å². The molecule has 5 heteroatoms. The Hall–Kier alpha value is -1.88. The van der Waals surface area contributed by atoms with E-state index in [0.29, 0.717) is 38.6 Å². The summed E-state index contributed by atoms with van der Waals surface area (Å²) in [6.45, 7) is 6.70. The van der Waals surface area contributed by atoms with Crippen molar-refractivity contribution in [2.24, 2.45) is 11.8 Å². The van der Waals surface area contributed by atoms with E-state index in [4.69, 9.17) is 9.47 Å². The number of carbonyl (C=O) groups excluding carboxylic acids is 2. The highest BCUT2D eigenvalue weighted by Crippen LogP contribution is 2.20. The monoisotopic (exact) mass is 333 g/mol. The van der Waals surface area contributed by atoms with Gasteiger partial charge in [-0.15, -0.1) is 0 Å². The number of carbonyl (C=O) groups is 2. The first-order valence-electron chi connectivity index (χ1n) is 8.62. The number of ether oxygens (including phenoxy) is 2. The number of amides is 1. The summed E-state index contributed by atoms with van der Waals surface area (Å²) in [6.07, 6.45) is 0.871. The molecule has 1 saturated heterocycles. The van der Waals surface area contributed by atoms with Crippen molar-refractivity contribution in [1.82, 2.24) is 4.90 Å². The van der Waals surface area contributed by atoms with Gasteiger partial charge in [0.25, 0.3) is 0 Å². The van der Waals surface area contributed by atoms with E-state index in [1.807, 2.05) is 30.3 Å². The number of hydrogen-bond donors (Lipinski definition) is 0. The lowest BCUT2D eigenvalue weighted by molar-refractivity contribution is -0.154. The van der Waals surface area contributed by atoms with E-state index in [2.05, 4.69) is 13.8 Å². The summed E-state index contributed by atoms with van der Waals surface area (Å²) in [5.41, 5.74) is 0.952. The standard InChI is InChI=1S/C19H27NO4/c1-15(2)12-17(13-18(21)20-8-10-23-11-9-20)19(22)24-14-16-6-4-3-5-7-16/h3-7,15,17H,8-14H2,1-2H3. The lowest BCUT2D eigenvalue weighted by atomic mass is 9.93. The molecular formula is C19H27NO4. The Bertz CT molecular complexity index is 523. The van der Waals surface area contributed by atoms with E-state index < -0.39 is 0 Å². The van der Waals surface area contributed by atoms with Crippen LogP contribution in [0, 0.1) is 11.8 Å². The molecule has 0 aromatic heterocycles. The molecule has 24 heavy (non-hydrogen) atoms. The van der Waals surface area contributed by atoms with Gasteiger partial charge in [-0.25, -0.2) is 0 Å². The third kappa shape index (κ3) is 5.96. The average Bonchev–Trinajstić information content (AvgIpc) is 2.60. The van der Waals surface area contributed by atoms with Crippen LogP contribution in [0.5, 0.6) is 0 Å². The van der Waals surface area contributed by atoms with Crippen molar-refractivity contribution in [3.05, 3.63) is 35.9 Å². The topological polar surface area (TPSA) is 55.8 Å². The molecule has 1 atom stereocenters. The number of hydrogen-bond acceptors (Lipinski definition) is 4. The third-order valence-corrected chi connectivity index (χ3v) is 4.10. The van der Waals surface area contributed by atoms with Gasteiger partial charge in [0.15, 0.2) is 0 Å². The maximum absolute atomic E-state index is 12.5. The van der Waals surface area contributed by atoms with Gasteiger partial charge in [-0.2, -0.15) is 0 Å². The molecule has 0 N–H and O–H groups in total. The quantitative estimate of drug-likeness (QED) is 0.720. The minimum absolute atomic E-state index is 0.0145. The average molecular weight is 333 g/mol. The summed E-state index contributed by atoms with van der Waals surface area (Å²) in [4.78, 5) is 26.7. The van der Waals surface area contributed by atoms with Crippen molar-refractivity contribution < 1.29 is 19.1 Å². The summed E-state index contributed by atoms with van der Waals surface area (Å²) >= 11 is 0. The van der Waals surface area contributed by atoms with Gasteiger partial charge >= 0.3 is 5.97 Å². The molecule has 1 amide bonds. The van der Waals surface area contributed by atoms with Crippen molar-refractivity contribution in [2.45, 2.75) is 33.3 Å². The number of rotatable bonds is 7. The summed E-state index contributed by atoms with van der Waals surface area (Å²) in [5.74, 6) is -0.324. The number of esters is 1. The molecule has 1 aliphatic heterocycles. The van der Waals surface area contributed by atoms with E-state index in [9.17, 15) is 9.59 Å². The second kappa shape index (κ2) is 9.42. The minimum Gasteiger partial charge on any atom is -0.461 e. The van der Waals surface area contributed by atoms with E-state index >= 15 is 0 Å². The van der Waals surface area contributed by atoms with Crippen molar-refractivity contribution in [3.63, 3.8) is 0 Å². The maximum atomic E-state index is 12.5. The van der Waals surface area contributed by atoms with E-state index in [1.165, 1.54) is 0 Å². The molecule has 5 nitrogen and oxygen atoms in total. The summed E-state index contributed by atoms with van der Waals surface area (Å²) in [5, 5.41) is 0. The lowest BCUT2D eigenvalue weighted by Gasteiger charge is -2.28. The highest BCUT2D eigenvalue weighted by molar-refractivity contribution is 5.83.